The first-order valence-corrected chi connectivity index (χ1v) is 14.1. The SMILES string of the molecule is CC(C)CN(C[C@@H](O)[C@@H](N)Cc1ccccc1)S(=O)(=O)c1ccc2nc(NCCN(C)C)sc2c1. The average molecular weight is 520 g/mol. The van der Waals surface area contributed by atoms with Gasteiger partial charge in [0.25, 0.3) is 0 Å². The Morgan fingerprint density at radius 3 is 2.49 bits per heavy atom. The van der Waals surface area contributed by atoms with Crippen molar-refractivity contribution in [3.05, 3.63) is 54.1 Å². The maximum absolute atomic E-state index is 13.6. The second-order valence-corrected chi connectivity index (χ2v) is 12.5. The van der Waals surface area contributed by atoms with Crippen LogP contribution < -0.4 is 11.1 Å². The molecule has 2 aromatic carbocycles. The fourth-order valence-corrected chi connectivity index (χ4v) is 6.37. The van der Waals surface area contributed by atoms with E-state index in [1.165, 1.54) is 15.6 Å². The van der Waals surface area contributed by atoms with Crippen LogP contribution in [0, 0.1) is 5.92 Å². The third-order valence-corrected chi connectivity index (χ3v) is 8.40. The number of nitrogens with zero attached hydrogens (tertiary/aromatic N) is 3. The quantitative estimate of drug-likeness (QED) is 0.318. The molecular weight excluding hydrogens is 482 g/mol. The molecule has 0 aliphatic heterocycles. The van der Waals surface area contributed by atoms with Crippen LogP contribution in [0.15, 0.2) is 53.4 Å². The van der Waals surface area contributed by atoms with Crippen LogP contribution in [-0.4, -0.2) is 80.1 Å². The summed E-state index contributed by atoms with van der Waals surface area (Å²) >= 11 is 1.43. The van der Waals surface area contributed by atoms with Gasteiger partial charge in [0.2, 0.25) is 10.0 Å². The first-order chi connectivity index (χ1) is 16.6. The maximum Gasteiger partial charge on any atom is 0.243 e. The number of hydrogen-bond acceptors (Lipinski definition) is 8. The summed E-state index contributed by atoms with van der Waals surface area (Å²) in [5, 5.41) is 14.9. The van der Waals surface area contributed by atoms with Crippen LogP contribution in [0.1, 0.15) is 19.4 Å². The zero-order valence-corrected chi connectivity index (χ0v) is 22.5. The molecule has 3 rings (SSSR count). The highest BCUT2D eigenvalue weighted by Gasteiger charge is 2.30. The lowest BCUT2D eigenvalue weighted by Gasteiger charge is -2.28. The van der Waals surface area contributed by atoms with Gasteiger partial charge >= 0.3 is 0 Å². The molecule has 35 heavy (non-hydrogen) atoms. The lowest BCUT2D eigenvalue weighted by Crippen LogP contribution is -2.47. The van der Waals surface area contributed by atoms with Crippen molar-refractivity contribution in [3.8, 4) is 0 Å². The van der Waals surface area contributed by atoms with Gasteiger partial charge in [-0.15, -0.1) is 0 Å². The van der Waals surface area contributed by atoms with Crippen LogP contribution in [-0.2, 0) is 16.4 Å². The molecule has 0 aliphatic carbocycles. The first-order valence-electron chi connectivity index (χ1n) is 11.8. The molecule has 0 bridgehead atoms. The molecule has 0 unspecified atom stereocenters. The van der Waals surface area contributed by atoms with Crippen molar-refractivity contribution in [1.82, 2.24) is 14.2 Å². The van der Waals surface area contributed by atoms with E-state index in [1.807, 2.05) is 58.3 Å². The number of hydrogen-bond donors (Lipinski definition) is 3. The number of nitrogens with two attached hydrogens (primary N) is 1. The molecule has 3 aromatic rings. The van der Waals surface area contributed by atoms with Gasteiger partial charge in [-0.2, -0.15) is 4.31 Å². The van der Waals surface area contributed by atoms with E-state index >= 15 is 0 Å². The number of likely N-dealkylation sites (N-methyl/N-ethyl adjacent to an activating group) is 1. The summed E-state index contributed by atoms with van der Waals surface area (Å²) < 4.78 is 29.4. The van der Waals surface area contributed by atoms with Gasteiger partial charge in [0.05, 0.1) is 21.2 Å². The predicted molar refractivity (Wildman–Crippen MR) is 144 cm³/mol. The van der Waals surface area contributed by atoms with Crippen LogP contribution in [0.5, 0.6) is 0 Å². The van der Waals surface area contributed by atoms with Crippen LogP contribution >= 0.6 is 11.3 Å². The van der Waals surface area contributed by atoms with E-state index in [-0.39, 0.29) is 23.9 Å². The largest absolute Gasteiger partial charge is 0.390 e. The van der Waals surface area contributed by atoms with Crippen LogP contribution in [0.3, 0.4) is 0 Å². The van der Waals surface area contributed by atoms with Gasteiger partial charge in [-0.05, 0) is 50.2 Å². The molecular formula is C25H37N5O3S2. The van der Waals surface area contributed by atoms with Crippen molar-refractivity contribution in [1.29, 1.82) is 0 Å². The molecule has 0 saturated heterocycles. The Morgan fingerprint density at radius 2 is 1.83 bits per heavy atom. The summed E-state index contributed by atoms with van der Waals surface area (Å²) in [4.78, 5) is 6.83. The minimum absolute atomic E-state index is 0.0629. The third-order valence-electron chi connectivity index (χ3n) is 5.60. The lowest BCUT2D eigenvalue weighted by molar-refractivity contribution is 0.116. The van der Waals surface area contributed by atoms with Gasteiger partial charge in [0.1, 0.15) is 0 Å². The van der Waals surface area contributed by atoms with Crippen molar-refractivity contribution >= 4 is 36.7 Å². The van der Waals surface area contributed by atoms with Crippen LogP contribution in [0.4, 0.5) is 5.13 Å². The van der Waals surface area contributed by atoms with E-state index in [0.29, 0.717) is 6.42 Å². The number of nitrogens with one attached hydrogen (secondary N) is 1. The Morgan fingerprint density at radius 1 is 1.11 bits per heavy atom. The molecule has 2 atom stereocenters. The summed E-state index contributed by atoms with van der Waals surface area (Å²) in [5.41, 5.74) is 8.01. The second-order valence-electron chi connectivity index (χ2n) is 9.52. The summed E-state index contributed by atoms with van der Waals surface area (Å²) in [6, 6.07) is 14.1. The number of thiazole rings is 1. The Balaban J connectivity index is 1.78. The fourth-order valence-electron chi connectivity index (χ4n) is 3.72. The number of aromatic nitrogens is 1. The Labute approximate surface area is 212 Å². The number of anilines is 1. The van der Waals surface area contributed by atoms with Crippen molar-refractivity contribution in [2.75, 3.05) is 45.6 Å². The molecule has 0 aliphatic rings. The van der Waals surface area contributed by atoms with Crippen molar-refractivity contribution in [3.63, 3.8) is 0 Å². The summed E-state index contributed by atoms with van der Waals surface area (Å²) in [6.45, 7) is 5.76. The third kappa shape index (κ3) is 7.70. The smallest absolute Gasteiger partial charge is 0.243 e. The number of fused-ring (bicyclic) bond motifs is 1. The van der Waals surface area contributed by atoms with Gasteiger partial charge in [-0.25, -0.2) is 13.4 Å². The fraction of sp³-hybridized carbons (Fsp3) is 0.480. The first kappa shape index (κ1) is 27.5. The molecule has 8 nitrogen and oxygen atoms in total. The van der Waals surface area contributed by atoms with E-state index in [4.69, 9.17) is 5.73 Å². The molecule has 0 fully saturated rings. The number of rotatable bonds is 13. The molecule has 10 heteroatoms. The molecule has 4 N–H and O–H groups in total. The monoisotopic (exact) mass is 519 g/mol. The summed E-state index contributed by atoms with van der Waals surface area (Å²) in [7, 11) is 0.173. The summed E-state index contributed by atoms with van der Waals surface area (Å²) in [6.07, 6.45) is -0.531. The molecule has 0 spiro atoms. The molecule has 1 aromatic heterocycles. The molecule has 0 saturated carbocycles. The maximum atomic E-state index is 13.6. The molecule has 192 valence electrons. The topological polar surface area (TPSA) is 112 Å². The van der Waals surface area contributed by atoms with Gasteiger partial charge in [-0.1, -0.05) is 55.5 Å². The van der Waals surface area contributed by atoms with E-state index in [9.17, 15) is 13.5 Å². The van der Waals surface area contributed by atoms with Crippen LogP contribution in [0.2, 0.25) is 0 Å². The highest BCUT2D eigenvalue weighted by molar-refractivity contribution is 7.89. The standard InChI is InChI=1S/C25H37N5O3S2/c1-18(2)16-30(17-23(31)21(26)14-19-8-6-5-7-9-19)35(32,33)20-10-11-22-24(15-20)34-25(28-22)27-12-13-29(3)4/h5-11,15,18,21,23,31H,12-14,16-17,26H2,1-4H3,(H,27,28)/t21-,23+/m0/s1. The van der Waals surface area contributed by atoms with Crippen molar-refractivity contribution in [2.24, 2.45) is 11.7 Å². The van der Waals surface area contributed by atoms with Gasteiger partial charge < -0.3 is 21.1 Å². The number of sulfonamides is 1. The summed E-state index contributed by atoms with van der Waals surface area (Å²) in [5.74, 6) is 0.0851. The van der Waals surface area contributed by atoms with Crippen molar-refractivity contribution < 1.29 is 13.5 Å². The Bertz CT molecular complexity index is 1180. The predicted octanol–water partition coefficient (Wildman–Crippen LogP) is 2.85. The normalized spacial score (nSPS) is 14.2. The minimum atomic E-state index is -3.84. The molecule has 1 heterocycles. The second kappa shape index (κ2) is 12.2. The average Bonchev–Trinajstić information content (AvgIpc) is 3.20. The Kier molecular flexibility index (Phi) is 9.62. The number of aliphatic hydroxyl groups excluding tert-OH is 1. The van der Waals surface area contributed by atoms with E-state index in [2.05, 4.69) is 15.2 Å². The zero-order chi connectivity index (χ0) is 25.6. The molecule has 0 radical (unpaired) electrons. The van der Waals surface area contributed by atoms with Crippen molar-refractivity contribution in [2.45, 2.75) is 37.3 Å². The highest BCUT2D eigenvalue weighted by Crippen LogP contribution is 2.29. The van der Waals surface area contributed by atoms with Gasteiger partial charge in [-0.3, -0.25) is 0 Å². The van der Waals surface area contributed by atoms with Gasteiger partial charge in [0.15, 0.2) is 5.13 Å². The van der Waals surface area contributed by atoms with E-state index in [1.54, 1.807) is 18.2 Å². The number of aliphatic hydroxyl groups is 1. The zero-order valence-electron chi connectivity index (χ0n) is 20.9. The van der Waals surface area contributed by atoms with E-state index in [0.717, 1.165) is 34.0 Å². The van der Waals surface area contributed by atoms with Crippen LogP contribution in [0.25, 0.3) is 10.2 Å². The van der Waals surface area contributed by atoms with Gasteiger partial charge in [0, 0.05) is 32.2 Å². The lowest BCUT2D eigenvalue weighted by atomic mass is 10.0. The minimum Gasteiger partial charge on any atom is -0.390 e. The number of benzene rings is 2. The molecule has 0 amide bonds. The highest BCUT2D eigenvalue weighted by atomic mass is 32.2. The Hall–Kier alpha value is -2.08. The van der Waals surface area contributed by atoms with E-state index < -0.39 is 22.2 Å².